The Hall–Kier alpha value is -3.05. The molecule has 0 radical (unpaired) electrons. The highest BCUT2D eigenvalue weighted by atomic mass is 32.1. The monoisotopic (exact) mass is 378 g/mol. The quantitative estimate of drug-likeness (QED) is 0.604. The van der Waals surface area contributed by atoms with Crippen LogP contribution in [0.4, 0.5) is 5.69 Å². The molecule has 0 heterocycles. The summed E-state index contributed by atoms with van der Waals surface area (Å²) in [4.78, 5) is 0. The van der Waals surface area contributed by atoms with Crippen molar-refractivity contribution in [1.82, 2.24) is 5.32 Å². The minimum Gasteiger partial charge on any atom is -0.497 e. The summed E-state index contributed by atoms with van der Waals surface area (Å²) in [5.41, 5.74) is 3.12. The van der Waals surface area contributed by atoms with E-state index in [4.69, 9.17) is 21.7 Å². The van der Waals surface area contributed by atoms with Crippen LogP contribution < -0.4 is 20.1 Å². The van der Waals surface area contributed by atoms with Gasteiger partial charge in [0.2, 0.25) is 0 Å². The number of hydrogen-bond donors (Lipinski definition) is 2. The molecule has 3 rings (SSSR count). The Morgan fingerprint density at radius 1 is 0.741 bits per heavy atom. The average molecular weight is 378 g/mol. The molecule has 27 heavy (non-hydrogen) atoms. The smallest absolute Gasteiger partial charge is 0.171 e. The maximum Gasteiger partial charge on any atom is 0.171 e. The molecule has 138 valence electrons. The third-order valence-electron chi connectivity index (χ3n) is 4.21. The van der Waals surface area contributed by atoms with Gasteiger partial charge in [0.25, 0.3) is 0 Å². The van der Waals surface area contributed by atoms with Gasteiger partial charge in [-0.15, -0.1) is 0 Å². The topological polar surface area (TPSA) is 42.5 Å². The molecule has 1 atom stereocenters. The van der Waals surface area contributed by atoms with E-state index in [1.807, 2.05) is 66.7 Å². The Balaban J connectivity index is 1.78. The summed E-state index contributed by atoms with van der Waals surface area (Å²) in [5, 5.41) is 7.18. The Morgan fingerprint density at radius 2 is 1.26 bits per heavy atom. The number of hydrogen-bond acceptors (Lipinski definition) is 3. The van der Waals surface area contributed by atoms with Crippen LogP contribution in [0.25, 0.3) is 0 Å². The number of rotatable bonds is 6. The average Bonchev–Trinajstić information content (AvgIpc) is 2.73. The van der Waals surface area contributed by atoms with Crippen molar-refractivity contribution in [2.75, 3.05) is 19.5 Å². The molecule has 0 aliphatic heterocycles. The van der Waals surface area contributed by atoms with E-state index in [1.165, 1.54) is 0 Å². The Labute approximate surface area is 165 Å². The molecule has 0 spiro atoms. The van der Waals surface area contributed by atoms with Crippen molar-refractivity contribution >= 4 is 23.0 Å². The van der Waals surface area contributed by atoms with Gasteiger partial charge in [-0.2, -0.15) is 0 Å². The fourth-order valence-electron chi connectivity index (χ4n) is 2.77. The van der Waals surface area contributed by atoms with Crippen LogP contribution in [0.3, 0.4) is 0 Å². The number of thiocarbonyl (C=S) groups is 1. The maximum absolute atomic E-state index is 5.54. The molecule has 0 saturated carbocycles. The number of nitrogens with one attached hydrogen (secondary N) is 2. The molecule has 0 amide bonds. The minimum atomic E-state index is -0.0737. The largest absolute Gasteiger partial charge is 0.497 e. The number of methoxy groups -OCH3 is 2. The maximum atomic E-state index is 5.54. The van der Waals surface area contributed by atoms with E-state index in [0.717, 1.165) is 28.3 Å². The normalized spacial score (nSPS) is 11.3. The molecular formula is C22H22N2O2S. The summed E-state index contributed by atoms with van der Waals surface area (Å²) in [6.07, 6.45) is 0. The van der Waals surface area contributed by atoms with Gasteiger partial charge in [0, 0.05) is 5.69 Å². The first-order valence-electron chi connectivity index (χ1n) is 8.60. The Kier molecular flexibility index (Phi) is 6.28. The first-order chi connectivity index (χ1) is 13.2. The van der Waals surface area contributed by atoms with Gasteiger partial charge in [0.1, 0.15) is 11.5 Å². The minimum absolute atomic E-state index is 0.0737. The molecule has 2 N–H and O–H groups in total. The van der Waals surface area contributed by atoms with Crippen LogP contribution >= 0.6 is 12.2 Å². The van der Waals surface area contributed by atoms with Crippen molar-refractivity contribution < 1.29 is 9.47 Å². The second kappa shape index (κ2) is 9.05. The standard InChI is InChI=1S/C22H22N2O2S/c1-25-19-12-8-17(9-13-19)21(16-6-4-3-5-7-16)24-22(27)23-18-10-14-20(26-2)15-11-18/h3-15,21H,1-2H3,(H2,23,24,27)/t21-/m1/s1. The third-order valence-corrected chi connectivity index (χ3v) is 4.43. The molecule has 0 aromatic heterocycles. The predicted molar refractivity (Wildman–Crippen MR) is 114 cm³/mol. The summed E-state index contributed by atoms with van der Waals surface area (Å²) in [7, 11) is 3.31. The molecule has 0 saturated heterocycles. The van der Waals surface area contributed by atoms with E-state index in [9.17, 15) is 0 Å². The molecule has 0 bridgehead atoms. The van der Waals surface area contributed by atoms with E-state index in [1.54, 1.807) is 14.2 Å². The highest BCUT2D eigenvalue weighted by molar-refractivity contribution is 7.80. The Bertz CT molecular complexity index is 865. The molecule has 4 nitrogen and oxygen atoms in total. The van der Waals surface area contributed by atoms with Crippen LogP contribution in [0.5, 0.6) is 11.5 Å². The summed E-state index contributed by atoms with van der Waals surface area (Å²) >= 11 is 5.54. The van der Waals surface area contributed by atoms with Gasteiger partial charge in [-0.1, -0.05) is 42.5 Å². The van der Waals surface area contributed by atoms with Gasteiger partial charge >= 0.3 is 0 Å². The lowest BCUT2D eigenvalue weighted by molar-refractivity contribution is 0.414. The lowest BCUT2D eigenvalue weighted by atomic mass is 9.99. The fourth-order valence-corrected chi connectivity index (χ4v) is 3.01. The number of ether oxygens (including phenoxy) is 2. The summed E-state index contributed by atoms with van der Waals surface area (Å²) in [5.74, 6) is 1.63. The van der Waals surface area contributed by atoms with Gasteiger partial charge < -0.3 is 20.1 Å². The lowest BCUT2D eigenvalue weighted by Gasteiger charge is -2.22. The van der Waals surface area contributed by atoms with Crippen molar-refractivity contribution in [2.45, 2.75) is 6.04 Å². The lowest BCUT2D eigenvalue weighted by Crippen LogP contribution is -2.33. The van der Waals surface area contributed by atoms with Gasteiger partial charge in [0.15, 0.2) is 5.11 Å². The predicted octanol–water partition coefficient (Wildman–Crippen LogP) is 4.78. The number of benzene rings is 3. The van der Waals surface area contributed by atoms with Crippen LogP contribution in [-0.2, 0) is 0 Å². The SMILES string of the molecule is COc1ccc(NC(=S)N[C@H](c2ccccc2)c2ccc(OC)cc2)cc1. The van der Waals surface area contributed by atoms with Crippen LogP contribution in [0.1, 0.15) is 17.2 Å². The number of anilines is 1. The summed E-state index contributed by atoms with van der Waals surface area (Å²) in [6.45, 7) is 0. The van der Waals surface area contributed by atoms with E-state index in [2.05, 4.69) is 22.8 Å². The zero-order valence-corrected chi connectivity index (χ0v) is 16.1. The molecule has 0 unspecified atom stereocenters. The summed E-state index contributed by atoms with van der Waals surface area (Å²) in [6, 6.07) is 25.8. The van der Waals surface area contributed by atoms with E-state index < -0.39 is 0 Å². The van der Waals surface area contributed by atoms with Gasteiger partial charge in [-0.05, 0) is 59.7 Å². The van der Waals surface area contributed by atoms with Crippen LogP contribution in [0.15, 0.2) is 78.9 Å². The molecule has 0 aliphatic carbocycles. The first-order valence-corrected chi connectivity index (χ1v) is 9.01. The first kappa shape index (κ1) is 18.7. The van der Waals surface area contributed by atoms with E-state index >= 15 is 0 Å². The van der Waals surface area contributed by atoms with Gasteiger partial charge in [-0.25, -0.2) is 0 Å². The van der Waals surface area contributed by atoms with E-state index in [0.29, 0.717) is 5.11 Å². The van der Waals surface area contributed by atoms with Gasteiger partial charge in [0.05, 0.1) is 20.3 Å². The zero-order valence-electron chi connectivity index (χ0n) is 15.3. The van der Waals surface area contributed by atoms with Gasteiger partial charge in [-0.3, -0.25) is 0 Å². The fraction of sp³-hybridized carbons (Fsp3) is 0.136. The van der Waals surface area contributed by atoms with E-state index in [-0.39, 0.29) is 6.04 Å². The highest BCUT2D eigenvalue weighted by Gasteiger charge is 2.15. The summed E-state index contributed by atoms with van der Waals surface area (Å²) < 4.78 is 10.5. The molecule has 0 aliphatic rings. The van der Waals surface area contributed by atoms with Crippen LogP contribution in [-0.4, -0.2) is 19.3 Å². The molecule has 0 fully saturated rings. The van der Waals surface area contributed by atoms with Crippen molar-refractivity contribution in [1.29, 1.82) is 0 Å². The van der Waals surface area contributed by atoms with Crippen molar-refractivity contribution in [3.63, 3.8) is 0 Å². The van der Waals surface area contributed by atoms with Crippen LogP contribution in [0.2, 0.25) is 0 Å². The van der Waals surface area contributed by atoms with Crippen molar-refractivity contribution in [2.24, 2.45) is 0 Å². The second-order valence-corrected chi connectivity index (χ2v) is 6.35. The third kappa shape index (κ3) is 4.99. The molecular weight excluding hydrogens is 356 g/mol. The molecule has 3 aromatic rings. The van der Waals surface area contributed by atoms with Crippen molar-refractivity contribution in [3.8, 4) is 11.5 Å². The van der Waals surface area contributed by atoms with Crippen LogP contribution in [0, 0.1) is 0 Å². The second-order valence-electron chi connectivity index (χ2n) is 5.94. The molecule has 3 aromatic carbocycles. The van der Waals surface area contributed by atoms with Crippen molar-refractivity contribution in [3.05, 3.63) is 90.0 Å². The Morgan fingerprint density at radius 3 is 1.81 bits per heavy atom. The zero-order chi connectivity index (χ0) is 19.1. The highest BCUT2D eigenvalue weighted by Crippen LogP contribution is 2.24. The molecule has 5 heteroatoms.